The molecule has 1 amide bonds. The number of nitrogens with zero attached hydrogens (tertiary/aromatic N) is 1. The van der Waals surface area contributed by atoms with Crippen LogP contribution in [0, 0.1) is 0 Å². The van der Waals surface area contributed by atoms with Gasteiger partial charge in [0.05, 0.1) is 17.5 Å². The van der Waals surface area contributed by atoms with Gasteiger partial charge < -0.3 is 10.6 Å². The maximum Gasteiger partial charge on any atom is 0.222 e. The van der Waals surface area contributed by atoms with Crippen LogP contribution < -0.4 is 10.6 Å². The number of rotatable bonds is 4. The van der Waals surface area contributed by atoms with E-state index < -0.39 is 9.84 Å². The number of hydrogen-bond acceptors (Lipinski definition) is 6. The van der Waals surface area contributed by atoms with Crippen LogP contribution in [0.1, 0.15) is 24.4 Å². The molecule has 2 heterocycles. The first-order chi connectivity index (χ1) is 8.96. The molecule has 2 atom stereocenters. The molecule has 2 N–H and O–H groups in total. The lowest BCUT2D eigenvalue weighted by Gasteiger charge is -2.23. The largest absolute Gasteiger partial charge is 0.347 e. The predicted molar refractivity (Wildman–Crippen MR) is 73.7 cm³/mol. The van der Waals surface area contributed by atoms with Gasteiger partial charge in [0.1, 0.15) is 5.01 Å². The molecule has 8 heteroatoms. The standard InChI is InChI=1S/C11H17N3O3S2/c1-8(11-13-2-4-18-11)14-10(15)6-9-7-19(16,17)5-3-12-9/h2,4,8-9,12H,3,5-7H2,1H3,(H,14,15). The van der Waals surface area contributed by atoms with Crippen molar-refractivity contribution in [3.63, 3.8) is 0 Å². The number of amides is 1. The van der Waals surface area contributed by atoms with Crippen LogP contribution in [0.2, 0.25) is 0 Å². The zero-order valence-corrected chi connectivity index (χ0v) is 12.3. The number of carbonyl (C=O) groups is 1. The van der Waals surface area contributed by atoms with Gasteiger partial charge in [-0.25, -0.2) is 13.4 Å². The molecule has 0 spiro atoms. The highest BCUT2D eigenvalue weighted by Crippen LogP contribution is 2.15. The summed E-state index contributed by atoms with van der Waals surface area (Å²) in [6.07, 6.45) is 1.87. The Labute approximate surface area is 116 Å². The Morgan fingerprint density at radius 1 is 1.68 bits per heavy atom. The van der Waals surface area contributed by atoms with Crippen molar-refractivity contribution in [3.8, 4) is 0 Å². The van der Waals surface area contributed by atoms with Crippen LogP contribution >= 0.6 is 11.3 Å². The highest BCUT2D eigenvalue weighted by molar-refractivity contribution is 7.91. The van der Waals surface area contributed by atoms with Crippen molar-refractivity contribution < 1.29 is 13.2 Å². The predicted octanol–water partition coefficient (Wildman–Crippen LogP) is 0.0970. The van der Waals surface area contributed by atoms with Crippen LogP contribution in [-0.4, -0.2) is 43.4 Å². The summed E-state index contributed by atoms with van der Waals surface area (Å²) in [7, 11) is -3.00. The smallest absolute Gasteiger partial charge is 0.222 e. The van der Waals surface area contributed by atoms with E-state index in [1.165, 1.54) is 11.3 Å². The minimum atomic E-state index is -3.00. The van der Waals surface area contributed by atoms with Gasteiger partial charge in [-0.3, -0.25) is 4.79 Å². The Balaban J connectivity index is 1.84. The van der Waals surface area contributed by atoms with Gasteiger partial charge in [-0.2, -0.15) is 0 Å². The van der Waals surface area contributed by atoms with Gasteiger partial charge in [-0.15, -0.1) is 11.3 Å². The molecule has 1 aromatic rings. The van der Waals surface area contributed by atoms with Crippen molar-refractivity contribution in [1.29, 1.82) is 0 Å². The Morgan fingerprint density at radius 2 is 2.47 bits per heavy atom. The van der Waals surface area contributed by atoms with Crippen LogP contribution in [-0.2, 0) is 14.6 Å². The SMILES string of the molecule is CC(NC(=O)CC1CS(=O)(=O)CCN1)c1nccs1. The third kappa shape index (κ3) is 4.26. The molecule has 1 saturated heterocycles. The number of thiazole rings is 1. The van der Waals surface area contributed by atoms with Crippen molar-refractivity contribution in [2.24, 2.45) is 0 Å². The van der Waals surface area contributed by atoms with E-state index in [4.69, 9.17) is 0 Å². The molecule has 2 unspecified atom stereocenters. The lowest BCUT2D eigenvalue weighted by Crippen LogP contribution is -2.47. The summed E-state index contributed by atoms with van der Waals surface area (Å²) in [5, 5.41) is 8.59. The van der Waals surface area contributed by atoms with Crippen molar-refractivity contribution in [2.45, 2.75) is 25.4 Å². The number of nitrogens with one attached hydrogen (secondary N) is 2. The molecule has 1 aliphatic rings. The normalized spacial score (nSPS) is 23.7. The van der Waals surface area contributed by atoms with Crippen LogP contribution in [0.25, 0.3) is 0 Å². The topological polar surface area (TPSA) is 88.2 Å². The third-order valence-electron chi connectivity index (χ3n) is 2.93. The molecule has 19 heavy (non-hydrogen) atoms. The minimum absolute atomic E-state index is 0.0338. The van der Waals surface area contributed by atoms with Crippen molar-refractivity contribution >= 4 is 27.1 Å². The maximum absolute atomic E-state index is 11.9. The van der Waals surface area contributed by atoms with Crippen molar-refractivity contribution in [1.82, 2.24) is 15.6 Å². The fourth-order valence-corrected chi connectivity index (χ4v) is 4.12. The van der Waals surface area contributed by atoms with E-state index in [1.807, 2.05) is 12.3 Å². The molecule has 1 aliphatic heterocycles. The lowest BCUT2D eigenvalue weighted by atomic mass is 10.2. The van der Waals surface area contributed by atoms with E-state index in [0.29, 0.717) is 6.54 Å². The number of sulfone groups is 1. The first-order valence-electron chi connectivity index (χ1n) is 6.09. The van der Waals surface area contributed by atoms with Crippen molar-refractivity contribution in [2.75, 3.05) is 18.1 Å². The molecule has 0 bridgehead atoms. The van der Waals surface area contributed by atoms with E-state index in [9.17, 15) is 13.2 Å². The third-order valence-corrected chi connectivity index (χ3v) is 5.63. The van der Waals surface area contributed by atoms with E-state index in [-0.39, 0.29) is 35.9 Å². The summed E-state index contributed by atoms with van der Waals surface area (Å²) in [6, 6.07) is -0.435. The zero-order valence-electron chi connectivity index (χ0n) is 10.6. The second-order valence-corrected chi connectivity index (χ2v) is 7.78. The second kappa shape index (κ2) is 5.98. The summed E-state index contributed by atoms with van der Waals surface area (Å²) in [6.45, 7) is 2.28. The number of carbonyl (C=O) groups excluding carboxylic acids is 1. The first kappa shape index (κ1) is 14.4. The highest BCUT2D eigenvalue weighted by Gasteiger charge is 2.26. The molecule has 2 rings (SSSR count). The summed E-state index contributed by atoms with van der Waals surface area (Å²) >= 11 is 1.48. The molecule has 0 aliphatic carbocycles. The molecule has 6 nitrogen and oxygen atoms in total. The number of hydrogen-bond donors (Lipinski definition) is 2. The lowest BCUT2D eigenvalue weighted by molar-refractivity contribution is -0.122. The highest BCUT2D eigenvalue weighted by atomic mass is 32.2. The molecule has 0 saturated carbocycles. The molecule has 106 valence electrons. The Kier molecular flexibility index (Phi) is 4.54. The van der Waals surface area contributed by atoms with Gasteiger partial charge in [-0.05, 0) is 6.92 Å². The van der Waals surface area contributed by atoms with Gasteiger partial charge in [0, 0.05) is 30.6 Å². The van der Waals surface area contributed by atoms with Gasteiger partial charge >= 0.3 is 0 Å². The van der Waals surface area contributed by atoms with Gasteiger partial charge in [-0.1, -0.05) is 0 Å². The fourth-order valence-electron chi connectivity index (χ4n) is 2.03. The monoisotopic (exact) mass is 303 g/mol. The number of aromatic nitrogens is 1. The summed E-state index contributed by atoms with van der Waals surface area (Å²) in [5.74, 6) is 0.0319. The zero-order chi connectivity index (χ0) is 13.9. The molecule has 0 aromatic carbocycles. The molecular formula is C11H17N3O3S2. The van der Waals surface area contributed by atoms with Crippen LogP contribution in [0.3, 0.4) is 0 Å². The Bertz CT molecular complexity index is 527. The summed E-state index contributed by atoms with van der Waals surface area (Å²) in [4.78, 5) is 16.0. The van der Waals surface area contributed by atoms with Gasteiger partial charge in [0.15, 0.2) is 9.84 Å². The van der Waals surface area contributed by atoms with E-state index in [1.54, 1.807) is 6.20 Å². The minimum Gasteiger partial charge on any atom is -0.347 e. The van der Waals surface area contributed by atoms with E-state index >= 15 is 0 Å². The average Bonchev–Trinajstić information content (AvgIpc) is 2.80. The van der Waals surface area contributed by atoms with Gasteiger partial charge in [0.2, 0.25) is 5.91 Å². The van der Waals surface area contributed by atoms with Crippen LogP contribution in [0.4, 0.5) is 0 Å². The molecule has 0 radical (unpaired) electrons. The van der Waals surface area contributed by atoms with Crippen molar-refractivity contribution in [3.05, 3.63) is 16.6 Å². The second-order valence-electron chi connectivity index (χ2n) is 4.63. The molecular weight excluding hydrogens is 286 g/mol. The summed E-state index contributed by atoms with van der Waals surface area (Å²) in [5.41, 5.74) is 0. The van der Waals surface area contributed by atoms with Crippen LogP contribution in [0.15, 0.2) is 11.6 Å². The first-order valence-corrected chi connectivity index (χ1v) is 8.79. The Hall–Kier alpha value is -0.990. The van der Waals surface area contributed by atoms with Gasteiger partial charge in [0.25, 0.3) is 0 Å². The molecule has 1 fully saturated rings. The maximum atomic E-state index is 11.9. The average molecular weight is 303 g/mol. The quantitative estimate of drug-likeness (QED) is 0.823. The Morgan fingerprint density at radius 3 is 3.11 bits per heavy atom. The molecule has 1 aromatic heterocycles. The summed E-state index contributed by atoms with van der Waals surface area (Å²) < 4.78 is 22.9. The van der Waals surface area contributed by atoms with Crippen LogP contribution in [0.5, 0.6) is 0 Å². The fraction of sp³-hybridized carbons (Fsp3) is 0.636. The van der Waals surface area contributed by atoms with E-state index in [0.717, 1.165) is 5.01 Å². The van der Waals surface area contributed by atoms with E-state index in [2.05, 4.69) is 15.6 Å².